The van der Waals surface area contributed by atoms with Gasteiger partial charge in [-0.1, -0.05) is 6.42 Å². The number of nitrogens with zero attached hydrogens (tertiary/aromatic N) is 2. The maximum atomic E-state index is 13.8. The number of ether oxygens (including phenoxy) is 1. The first-order chi connectivity index (χ1) is 10.1. The molecule has 114 valence electrons. The van der Waals surface area contributed by atoms with E-state index in [0.29, 0.717) is 11.4 Å². The summed E-state index contributed by atoms with van der Waals surface area (Å²) >= 11 is 7.94. The molecule has 21 heavy (non-hydrogen) atoms. The van der Waals surface area contributed by atoms with Gasteiger partial charge in [-0.15, -0.1) is 11.6 Å². The van der Waals surface area contributed by atoms with Gasteiger partial charge in [0.05, 0.1) is 24.0 Å². The van der Waals surface area contributed by atoms with Crippen molar-refractivity contribution >= 4 is 34.4 Å². The van der Waals surface area contributed by atoms with Gasteiger partial charge in [-0.2, -0.15) is 11.8 Å². The van der Waals surface area contributed by atoms with Crippen molar-refractivity contribution in [3.63, 3.8) is 0 Å². The third-order valence-corrected chi connectivity index (χ3v) is 6.01. The summed E-state index contributed by atoms with van der Waals surface area (Å²) in [6.07, 6.45) is 5.82. The lowest BCUT2D eigenvalue weighted by atomic mass is 9.84. The number of rotatable bonds is 5. The SMILES string of the molecule is COc1cc2c(cc1F)nc(CCl)n2CC1(SC)CCC1. The average Bonchev–Trinajstić information content (AvgIpc) is 2.78. The molecule has 6 heteroatoms. The zero-order valence-electron chi connectivity index (χ0n) is 12.2. The van der Waals surface area contributed by atoms with E-state index in [9.17, 15) is 4.39 Å². The van der Waals surface area contributed by atoms with Crippen LogP contribution in [0.1, 0.15) is 25.1 Å². The van der Waals surface area contributed by atoms with Crippen LogP contribution in [0.25, 0.3) is 11.0 Å². The number of benzene rings is 1. The molecule has 0 aliphatic heterocycles. The van der Waals surface area contributed by atoms with E-state index in [1.807, 2.05) is 11.8 Å². The van der Waals surface area contributed by atoms with Crippen LogP contribution in [-0.4, -0.2) is 27.7 Å². The largest absolute Gasteiger partial charge is 0.494 e. The Balaban J connectivity index is 2.10. The molecule has 0 bridgehead atoms. The molecule has 0 atom stereocenters. The Morgan fingerprint density at radius 3 is 2.76 bits per heavy atom. The van der Waals surface area contributed by atoms with Crippen LogP contribution < -0.4 is 4.74 Å². The van der Waals surface area contributed by atoms with Crippen LogP contribution in [0, 0.1) is 5.82 Å². The number of halogens is 2. The summed E-state index contributed by atoms with van der Waals surface area (Å²) in [6, 6.07) is 3.15. The molecule has 1 fully saturated rings. The van der Waals surface area contributed by atoms with Crippen molar-refractivity contribution in [2.24, 2.45) is 0 Å². The predicted octanol–water partition coefficient (Wildman–Crippen LogP) is 4.21. The first-order valence-electron chi connectivity index (χ1n) is 6.96. The van der Waals surface area contributed by atoms with Crippen LogP contribution in [0.2, 0.25) is 0 Å². The molecule has 1 saturated carbocycles. The fourth-order valence-corrected chi connectivity index (χ4v) is 4.06. The molecule has 2 aromatic rings. The molecule has 1 aliphatic carbocycles. The maximum absolute atomic E-state index is 13.8. The van der Waals surface area contributed by atoms with Crippen LogP contribution in [0.5, 0.6) is 5.75 Å². The second-order valence-electron chi connectivity index (χ2n) is 5.46. The second-order valence-corrected chi connectivity index (χ2v) is 7.01. The van der Waals surface area contributed by atoms with Gasteiger partial charge in [0.1, 0.15) is 5.82 Å². The Hall–Kier alpha value is -0.940. The molecule has 0 unspecified atom stereocenters. The number of hydrogen-bond donors (Lipinski definition) is 0. The second kappa shape index (κ2) is 5.69. The lowest BCUT2D eigenvalue weighted by molar-refractivity contribution is 0.322. The summed E-state index contributed by atoms with van der Waals surface area (Å²) in [7, 11) is 1.47. The van der Waals surface area contributed by atoms with Crippen molar-refractivity contribution in [3.8, 4) is 5.75 Å². The molecule has 1 aromatic carbocycles. The monoisotopic (exact) mass is 328 g/mol. The molecule has 0 saturated heterocycles. The van der Waals surface area contributed by atoms with Gasteiger partial charge < -0.3 is 9.30 Å². The quantitative estimate of drug-likeness (QED) is 0.769. The van der Waals surface area contributed by atoms with E-state index in [0.717, 1.165) is 17.9 Å². The molecule has 1 aromatic heterocycles. The molecule has 0 amide bonds. The fourth-order valence-electron chi connectivity index (χ4n) is 2.90. The Bertz CT molecular complexity index is 664. The summed E-state index contributed by atoms with van der Waals surface area (Å²) in [6.45, 7) is 0.863. The Kier molecular flexibility index (Phi) is 4.06. The van der Waals surface area contributed by atoms with Crippen LogP contribution >= 0.6 is 23.4 Å². The molecular formula is C15H18ClFN2OS. The minimum Gasteiger partial charge on any atom is -0.494 e. The summed E-state index contributed by atoms with van der Waals surface area (Å²) < 4.78 is 21.3. The van der Waals surface area contributed by atoms with E-state index < -0.39 is 0 Å². The Morgan fingerprint density at radius 1 is 1.48 bits per heavy atom. The number of hydrogen-bond acceptors (Lipinski definition) is 3. The van der Waals surface area contributed by atoms with Gasteiger partial charge in [-0.25, -0.2) is 9.37 Å². The van der Waals surface area contributed by atoms with E-state index in [1.165, 1.54) is 32.4 Å². The van der Waals surface area contributed by atoms with Gasteiger partial charge in [0, 0.05) is 23.4 Å². The van der Waals surface area contributed by atoms with Crippen molar-refractivity contribution in [3.05, 3.63) is 23.8 Å². The van der Waals surface area contributed by atoms with Crippen molar-refractivity contribution in [2.75, 3.05) is 13.4 Å². The highest BCUT2D eigenvalue weighted by Crippen LogP contribution is 2.45. The van der Waals surface area contributed by atoms with Gasteiger partial charge in [0.2, 0.25) is 0 Å². The van der Waals surface area contributed by atoms with Gasteiger partial charge in [0.15, 0.2) is 11.6 Å². The third-order valence-electron chi connectivity index (χ3n) is 4.36. The molecule has 1 heterocycles. The number of methoxy groups -OCH3 is 1. The lowest BCUT2D eigenvalue weighted by Gasteiger charge is -2.41. The molecule has 0 radical (unpaired) electrons. The summed E-state index contributed by atoms with van der Waals surface area (Å²) in [4.78, 5) is 4.47. The number of aromatic nitrogens is 2. The zero-order chi connectivity index (χ0) is 15.0. The number of fused-ring (bicyclic) bond motifs is 1. The Labute approximate surface area is 132 Å². The van der Waals surface area contributed by atoms with Crippen LogP contribution in [-0.2, 0) is 12.4 Å². The highest BCUT2D eigenvalue weighted by Gasteiger charge is 2.37. The van der Waals surface area contributed by atoms with Crippen molar-refractivity contribution in [2.45, 2.75) is 36.4 Å². The van der Waals surface area contributed by atoms with E-state index in [2.05, 4.69) is 15.8 Å². The van der Waals surface area contributed by atoms with E-state index in [-0.39, 0.29) is 16.3 Å². The molecule has 0 spiro atoms. The third kappa shape index (κ3) is 2.50. The highest BCUT2D eigenvalue weighted by molar-refractivity contribution is 8.00. The first-order valence-corrected chi connectivity index (χ1v) is 8.72. The summed E-state index contributed by atoms with van der Waals surface area (Å²) in [5.41, 5.74) is 1.53. The number of thioether (sulfide) groups is 1. The topological polar surface area (TPSA) is 27.1 Å². The van der Waals surface area contributed by atoms with E-state index >= 15 is 0 Å². The first kappa shape index (κ1) is 15.0. The van der Waals surface area contributed by atoms with Crippen LogP contribution in [0.15, 0.2) is 12.1 Å². The number of alkyl halides is 1. The summed E-state index contributed by atoms with van der Waals surface area (Å²) in [5, 5.41) is 0. The standard InChI is InChI=1S/C15H18ClFN2OS/c1-20-13-7-12-11(6-10(13)17)18-14(8-16)19(12)9-15(21-2)4-3-5-15/h6-7H,3-5,8-9H2,1-2H3. The van der Waals surface area contributed by atoms with Gasteiger partial charge in [-0.3, -0.25) is 0 Å². The fraction of sp³-hybridized carbons (Fsp3) is 0.533. The van der Waals surface area contributed by atoms with E-state index in [1.54, 1.807) is 6.07 Å². The van der Waals surface area contributed by atoms with Crippen LogP contribution in [0.4, 0.5) is 4.39 Å². The lowest BCUT2D eigenvalue weighted by Crippen LogP contribution is -2.38. The van der Waals surface area contributed by atoms with Crippen molar-refractivity contribution < 1.29 is 9.13 Å². The number of imidazole rings is 1. The highest BCUT2D eigenvalue weighted by atomic mass is 35.5. The maximum Gasteiger partial charge on any atom is 0.167 e. The van der Waals surface area contributed by atoms with Crippen molar-refractivity contribution in [1.29, 1.82) is 0 Å². The minimum absolute atomic E-state index is 0.247. The zero-order valence-corrected chi connectivity index (χ0v) is 13.7. The van der Waals surface area contributed by atoms with Gasteiger partial charge >= 0.3 is 0 Å². The molecule has 0 N–H and O–H groups in total. The summed E-state index contributed by atoms with van der Waals surface area (Å²) in [5.74, 6) is 0.971. The van der Waals surface area contributed by atoms with E-state index in [4.69, 9.17) is 16.3 Å². The smallest absolute Gasteiger partial charge is 0.167 e. The predicted molar refractivity (Wildman–Crippen MR) is 85.9 cm³/mol. The molecule has 1 aliphatic rings. The average molecular weight is 329 g/mol. The molecule has 3 rings (SSSR count). The normalized spacial score (nSPS) is 17.0. The molecular weight excluding hydrogens is 311 g/mol. The van der Waals surface area contributed by atoms with Gasteiger partial charge in [-0.05, 0) is 19.1 Å². The Morgan fingerprint density at radius 2 is 2.24 bits per heavy atom. The molecule has 3 nitrogen and oxygen atoms in total. The van der Waals surface area contributed by atoms with Crippen LogP contribution in [0.3, 0.4) is 0 Å². The van der Waals surface area contributed by atoms with Gasteiger partial charge in [0.25, 0.3) is 0 Å². The van der Waals surface area contributed by atoms with Crippen molar-refractivity contribution in [1.82, 2.24) is 9.55 Å². The minimum atomic E-state index is -0.390.